The third-order valence-corrected chi connectivity index (χ3v) is 3.23. The molecule has 0 radical (unpaired) electrons. The quantitative estimate of drug-likeness (QED) is 0.781. The first-order valence-corrected chi connectivity index (χ1v) is 7.22. The van der Waals surface area contributed by atoms with Crippen molar-refractivity contribution < 1.29 is 13.6 Å². The van der Waals surface area contributed by atoms with Crippen LogP contribution in [0.5, 0.6) is 0 Å². The highest BCUT2D eigenvalue weighted by Gasteiger charge is 2.20. The molecule has 0 aliphatic rings. The number of carbonyl (C=O) groups excluding carboxylic acids is 1. The van der Waals surface area contributed by atoms with Gasteiger partial charge in [0.1, 0.15) is 0 Å². The van der Waals surface area contributed by atoms with Crippen molar-refractivity contribution in [2.45, 2.75) is 6.43 Å². The van der Waals surface area contributed by atoms with Gasteiger partial charge < -0.3 is 4.90 Å². The molecule has 0 fully saturated rings. The lowest BCUT2D eigenvalue weighted by atomic mass is 10.1. The Kier molecular flexibility index (Phi) is 5.00. The maximum Gasteiger partial charge on any atom is 0.255 e. The van der Waals surface area contributed by atoms with Crippen LogP contribution in [0.15, 0.2) is 36.5 Å². The van der Waals surface area contributed by atoms with Gasteiger partial charge in [-0.1, -0.05) is 28.1 Å². The molecule has 2 rings (SSSR count). The number of hydrogen-bond donors (Lipinski definition) is 0. The molecule has 0 atom stereocenters. The molecule has 0 saturated heterocycles. The Morgan fingerprint density at radius 2 is 2.10 bits per heavy atom. The van der Waals surface area contributed by atoms with Crippen molar-refractivity contribution in [3.63, 3.8) is 0 Å². The van der Waals surface area contributed by atoms with Crippen LogP contribution in [0.3, 0.4) is 0 Å². The van der Waals surface area contributed by atoms with Crippen LogP contribution in [-0.2, 0) is 0 Å². The summed E-state index contributed by atoms with van der Waals surface area (Å²) in [5.74, 6) is -0.400. The molecule has 1 aromatic carbocycles. The van der Waals surface area contributed by atoms with Gasteiger partial charge in [0.05, 0.1) is 12.1 Å². The summed E-state index contributed by atoms with van der Waals surface area (Å²) in [5, 5.41) is 1.13. The second kappa shape index (κ2) is 6.74. The third-order valence-electron chi connectivity index (χ3n) is 2.88. The van der Waals surface area contributed by atoms with E-state index in [2.05, 4.69) is 20.9 Å². The first-order chi connectivity index (χ1) is 9.63. The first kappa shape index (κ1) is 14.8. The lowest BCUT2D eigenvalue weighted by Crippen LogP contribution is -2.36. The molecule has 0 bridgehead atoms. The summed E-state index contributed by atoms with van der Waals surface area (Å²) >= 11 is 3.18. The average molecular weight is 343 g/mol. The summed E-state index contributed by atoms with van der Waals surface area (Å²) in [4.78, 5) is 17.7. The molecule has 0 unspecified atom stereocenters. The molecule has 0 aliphatic carbocycles. The number of halogens is 3. The van der Waals surface area contributed by atoms with E-state index in [9.17, 15) is 13.6 Å². The molecule has 6 heteroatoms. The molecule has 0 spiro atoms. The SMILES string of the molecule is O=C(c1cccc2ncccc12)N(CCBr)CC(F)F. The van der Waals surface area contributed by atoms with Crippen LogP contribution < -0.4 is 0 Å². The van der Waals surface area contributed by atoms with Gasteiger partial charge in [-0.25, -0.2) is 8.78 Å². The highest BCUT2D eigenvalue weighted by atomic mass is 79.9. The average Bonchev–Trinajstić information content (AvgIpc) is 2.45. The highest BCUT2D eigenvalue weighted by Crippen LogP contribution is 2.18. The minimum atomic E-state index is -2.55. The molecule has 1 aromatic heterocycles. The number of nitrogens with zero attached hydrogens (tertiary/aromatic N) is 2. The van der Waals surface area contributed by atoms with Crippen molar-refractivity contribution >= 4 is 32.7 Å². The Hall–Kier alpha value is -1.56. The van der Waals surface area contributed by atoms with Gasteiger partial charge in [0.15, 0.2) is 0 Å². The van der Waals surface area contributed by atoms with Crippen LogP contribution in [0.25, 0.3) is 10.9 Å². The predicted molar refractivity (Wildman–Crippen MR) is 77.4 cm³/mol. The monoisotopic (exact) mass is 342 g/mol. The molecular formula is C14H13BrF2N2O. The summed E-state index contributed by atoms with van der Waals surface area (Å²) in [6, 6.07) is 8.62. The number of rotatable bonds is 5. The van der Waals surface area contributed by atoms with Crippen molar-refractivity contribution in [3.05, 3.63) is 42.1 Å². The van der Waals surface area contributed by atoms with E-state index < -0.39 is 18.9 Å². The van der Waals surface area contributed by atoms with Gasteiger partial charge in [0, 0.05) is 29.0 Å². The molecule has 106 valence electrons. The molecule has 3 nitrogen and oxygen atoms in total. The van der Waals surface area contributed by atoms with E-state index in [0.717, 1.165) is 4.90 Å². The highest BCUT2D eigenvalue weighted by molar-refractivity contribution is 9.09. The van der Waals surface area contributed by atoms with Crippen LogP contribution in [0.4, 0.5) is 8.78 Å². The lowest BCUT2D eigenvalue weighted by Gasteiger charge is -2.22. The van der Waals surface area contributed by atoms with Gasteiger partial charge in [-0.2, -0.15) is 0 Å². The summed E-state index contributed by atoms with van der Waals surface area (Å²) in [6.07, 6.45) is -0.919. The van der Waals surface area contributed by atoms with E-state index >= 15 is 0 Å². The number of alkyl halides is 3. The largest absolute Gasteiger partial charge is 0.332 e. The Morgan fingerprint density at radius 1 is 1.30 bits per heavy atom. The van der Waals surface area contributed by atoms with E-state index in [4.69, 9.17) is 0 Å². The van der Waals surface area contributed by atoms with Crippen molar-refractivity contribution in [2.24, 2.45) is 0 Å². The standard InChI is InChI=1S/C14H13BrF2N2O/c15-6-8-19(9-13(16)17)14(20)11-3-1-5-12-10(11)4-2-7-18-12/h1-5,7,13H,6,8-9H2. The molecule has 0 saturated carbocycles. The van der Waals surface area contributed by atoms with Gasteiger partial charge in [-0.3, -0.25) is 9.78 Å². The van der Waals surface area contributed by atoms with Crippen molar-refractivity contribution in [2.75, 3.05) is 18.4 Å². The Bertz CT molecular complexity index is 601. The smallest absolute Gasteiger partial charge is 0.255 e. The van der Waals surface area contributed by atoms with Crippen LogP contribution in [-0.4, -0.2) is 40.6 Å². The number of amides is 1. The fourth-order valence-electron chi connectivity index (χ4n) is 2.00. The topological polar surface area (TPSA) is 33.2 Å². The zero-order valence-corrected chi connectivity index (χ0v) is 12.2. The Labute approximate surface area is 123 Å². The summed E-state index contributed by atoms with van der Waals surface area (Å²) < 4.78 is 25.2. The number of carbonyl (C=O) groups is 1. The van der Waals surface area contributed by atoms with Crippen LogP contribution >= 0.6 is 15.9 Å². The fourth-order valence-corrected chi connectivity index (χ4v) is 2.43. The van der Waals surface area contributed by atoms with Crippen LogP contribution in [0.1, 0.15) is 10.4 Å². The van der Waals surface area contributed by atoms with Crippen molar-refractivity contribution in [1.82, 2.24) is 9.88 Å². The second-order valence-corrected chi connectivity index (χ2v) is 5.00. The van der Waals surface area contributed by atoms with Crippen molar-refractivity contribution in [1.29, 1.82) is 0 Å². The molecule has 2 aromatic rings. The molecule has 0 N–H and O–H groups in total. The minimum absolute atomic E-state index is 0.236. The predicted octanol–water partition coefficient (Wildman–Crippen LogP) is 3.34. The normalized spacial score (nSPS) is 11.0. The van der Waals surface area contributed by atoms with Gasteiger partial charge >= 0.3 is 0 Å². The number of pyridine rings is 1. The zero-order valence-electron chi connectivity index (χ0n) is 10.6. The maximum absolute atomic E-state index is 12.6. The van der Waals surface area contributed by atoms with E-state index in [-0.39, 0.29) is 6.54 Å². The van der Waals surface area contributed by atoms with E-state index in [1.54, 1.807) is 36.5 Å². The third kappa shape index (κ3) is 3.30. The van der Waals surface area contributed by atoms with Gasteiger partial charge in [-0.05, 0) is 18.2 Å². The summed E-state index contributed by atoms with van der Waals surface area (Å²) in [5.41, 5.74) is 1.08. The van der Waals surface area contributed by atoms with Gasteiger partial charge in [0.25, 0.3) is 12.3 Å². The summed E-state index contributed by atoms with van der Waals surface area (Å²) in [7, 11) is 0. The zero-order chi connectivity index (χ0) is 14.5. The minimum Gasteiger partial charge on any atom is -0.332 e. The molecule has 1 amide bonds. The van der Waals surface area contributed by atoms with Crippen LogP contribution in [0.2, 0.25) is 0 Å². The Morgan fingerprint density at radius 3 is 2.80 bits per heavy atom. The second-order valence-electron chi connectivity index (χ2n) is 4.21. The summed E-state index contributed by atoms with van der Waals surface area (Å²) in [6.45, 7) is -0.332. The van der Waals surface area contributed by atoms with Crippen molar-refractivity contribution in [3.8, 4) is 0 Å². The van der Waals surface area contributed by atoms with Gasteiger partial charge in [0.2, 0.25) is 0 Å². The molecular weight excluding hydrogens is 330 g/mol. The number of hydrogen-bond acceptors (Lipinski definition) is 2. The van der Waals surface area contributed by atoms with E-state index in [1.165, 1.54) is 0 Å². The van der Waals surface area contributed by atoms with E-state index in [1.807, 2.05) is 0 Å². The Balaban J connectivity index is 2.38. The first-order valence-electron chi connectivity index (χ1n) is 6.10. The number of fused-ring (bicyclic) bond motifs is 1. The number of aromatic nitrogens is 1. The number of benzene rings is 1. The van der Waals surface area contributed by atoms with Crippen LogP contribution in [0, 0.1) is 0 Å². The van der Waals surface area contributed by atoms with E-state index in [0.29, 0.717) is 21.8 Å². The lowest BCUT2D eigenvalue weighted by molar-refractivity contribution is 0.0574. The molecule has 0 aliphatic heterocycles. The maximum atomic E-state index is 12.6. The molecule has 20 heavy (non-hydrogen) atoms. The van der Waals surface area contributed by atoms with Gasteiger partial charge in [-0.15, -0.1) is 0 Å². The molecule has 1 heterocycles. The fraction of sp³-hybridized carbons (Fsp3) is 0.286.